The number of halogens is 2. The van der Waals surface area contributed by atoms with Gasteiger partial charge in [-0.05, 0) is 25.1 Å². The van der Waals surface area contributed by atoms with Crippen molar-refractivity contribution in [3.05, 3.63) is 34.1 Å². The molecule has 0 bridgehead atoms. The van der Waals surface area contributed by atoms with Crippen LogP contribution in [0, 0.1) is 5.82 Å². The molecule has 0 spiro atoms. The van der Waals surface area contributed by atoms with Crippen molar-refractivity contribution in [2.75, 3.05) is 13.1 Å². The zero-order valence-electron chi connectivity index (χ0n) is 9.74. The molecule has 18 heavy (non-hydrogen) atoms. The molecule has 1 aliphatic rings. The minimum Gasteiger partial charge on any atom is -0.329 e. The number of ketones is 1. The Balaban J connectivity index is 2.19. The number of hydrogen-bond donors (Lipinski definition) is 1. The third-order valence-corrected chi connectivity index (χ3v) is 3.23. The third kappa shape index (κ3) is 2.69. The maximum Gasteiger partial charge on any atom is 0.318 e. The van der Waals surface area contributed by atoms with Crippen LogP contribution < -0.4 is 5.32 Å². The Morgan fingerprint density at radius 1 is 1.61 bits per heavy atom. The summed E-state index contributed by atoms with van der Waals surface area (Å²) in [5.74, 6) is -0.464. The quantitative estimate of drug-likeness (QED) is 0.930. The third-order valence-electron chi connectivity index (χ3n) is 2.73. The standard InChI is InChI=1S/C12H12BrFN2O2/c1-7(17)5-16-6-11(15-12(16)18)9-4-8(13)2-3-10(9)14/h2-4,11H,5-6H2,1H3,(H,15,18). The number of rotatable bonds is 3. The minimum atomic E-state index is -0.422. The minimum absolute atomic E-state index is 0.0535. The topological polar surface area (TPSA) is 49.4 Å². The average molecular weight is 315 g/mol. The lowest BCUT2D eigenvalue weighted by atomic mass is 10.1. The van der Waals surface area contributed by atoms with E-state index in [-0.39, 0.29) is 24.2 Å². The van der Waals surface area contributed by atoms with Gasteiger partial charge in [-0.1, -0.05) is 15.9 Å². The molecule has 0 aromatic heterocycles. The zero-order chi connectivity index (χ0) is 13.3. The first-order chi connectivity index (χ1) is 8.47. The van der Waals surface area contributed by atoms with E-state index in [9.17, 15) is 14.0 Å². The van der Waals surface area contributed by atoms with Gasteiger partial charge in [0.1, 0.15) is 11.6 Å². The molecule has 96 valence electrons. The van der Waals surface area contributed by atoms with Crippen LogP contribution in [0.25, 0.3) is 0 Å². The first-order valence-electron chi connectivity index (χ1n) is 5.47. The molecular formula is C12H12BrFN2O2. The average Bonchev–Trinajstić information content (AvgIpc) is 2.63. The Morgan fingerprint density at radius 3 is 3.00 bits per heavy atom. The van der Waals surface area contributed by atoms with Crippen molar-refractivity contribution in [3.8, 4) is 0 Å². The second kappa shape index (κ2) is 5.06. The number of nitrogens with zero attached hydrogens (tertiary/aromatic N) is 1. The lowest BCUT2D eigenvalue weighted by Gasteiger charge is -2.13. The van der Waals surface area contributed by atoms with Crippen LogP contribution in [-0.4, -0.2) is 29.8 Å². The van der Waals surface area contributed by atoms with E-state index in [0.29, 0.717) is 12.1 Å². The number of hydrogen-bond acceptors (Lipinski definition) is 2. The second-order valence-corrected chi connectivity index (χ2v) is 5.17. The van der Waals surface area contributed by atoms with E-state index >= 15 is 0 Å². The zero-order valence-corrected chi connectivity index (χ0v) is 11.3. The van der Waals surface area contributed by atoms with Gasteiger partial charge in [0.05, 0.1) is 12.6 Å². The molecule has 1 aromatic rings. The van der Waals surface area contributed by atoms with Crippen LogP contribution in [0.2, 0.25) is 0 Å². The fourth-order valence-electron chi connectivity index (χ4n) is 1.95. The highest BCUT2D eigenvalue weighted by atomic mass is 79.9. The van der Waals surface area contributed by atoms with Gasteiger partial charge in [0.15, 0.2) is 0 Å². The van der Waals surface area contributed by atoms with Gasteiger partial charge >= 0.3 is 6.03 Å². The summed E-state index contributed by atoms with van der Waals surface area (Å²) in [5, 5.41) is 2.67. The second-order valence-electron chi connectivity index (χ2n) is 4.25. The molecule has 1 saturated heterocycles. The SMILES string of the molecule is CC(=O)CN1CC(c2cc(Br)ccc2F)NC1=O. The Labute approximate surface area is 112 Å². The molecule has 1 heterocycles. The summed E-state index contributed by atoms with van der Waals surface area (Å²) in [6.45, 7) is 1.77. The van der Waals surface area contributed by atoms with Gasteiger partial charge in [-0.15, -0.1) is 0 Å². The van der Waals surface area contributed by atoms with Crippen molar-refractivity contribution in [1.29, 1.82) is 0 Å². The molecule has 1 unspecified atom stereocenters. The molecule has 0 radical (unpaired) electrons. The van der Waals surface area contributed by atoms with Gasteiger partial charge in [0, 0.05) is 16.6 Å². The van der Waals surface area contributed by atoms with Crippen molar-refractivity contribution in [1.82, 2.24) is 10.2 Å². The van der Waals surface area contributed by atoms with E-state index in [0.717, 1.165) is 4.47 Å². The summed E-state index contributed by atoms with van der Waals surface area (Å²) in [7, 11) is 0. The van der Waals surface area contributed by atoms with Crippen LogP contribution in [0.5, 0.6) is 0 Å². The lowest BCUT2D eigenvalue weighted by molar-refractivity contribution is -0.117. The molecule has 6 heteroatoms. The highest BCUT2D eigenvalue weighted by Gasteiger charge is 2.31. The summed E-state index contributed by atoms with van der Waals surface area (Å²) in [4.78, 5) is 24.0. The maximum absolute atomic E-state index is 13.7. The highest BCUT2D eigenvalue weighted by Crippen LogP contribution is 2.25. The van der Waals surface area contributed by atoms with Crippen molar-refractivity contribution < 1.29 is 14.0 Å². The summed E-state index contributed by atoms with van der Waals surface area (Å²) in [5.41, 5.74) is 0.420. The normalized spacial score (nSPS) is 18.9. The predicted octanol–water partition coefficient (Wildman–Crippen LogP) is 2.24. The highest BCUT2D eigenvalue weighted by molar-refractivity contribution is 9.10. The molecule has 0 aliphatic carbocycles. The van der Waals surface area contributed by atoms with E-state index in [1.807, 2.05) is 0 Å². The lowest BCUT2D eigenvalue weighted by Crippen LogP contribution is -2.32. The smallest absolute Gasteiger partial charge is 0.318 e. The van der Waals surface area contributed by atoms with Gasteiger partial charge in [-0.25, -0.2) is 9.18 Å². The molecule has 2 rings (SSSR count). The van der Waals surface area contributed by atoms with E-state index in [2.05, 4.69) is 21.2 Å². The van der Waals surface area contributed by atoms with Crippen molar-refractivity contribution in [3.63, 3.8) is 0 Å². The fourth-order valence-corrected chi connectivity index (χ4v) is 2.33. The van der Waals surface area contributed by atoms with E-state index in [1.54, 1.807) is 12.1 Å². The van der Waals surface area contributed by atoms with Crippen LogP contribution in [-0.2, 0) is 4.79 Å². The van der Waals surface area contributed by atoms with Gasteiger partial charge in [0.25, 0.3) is 0 Å². The summed E-state index contributed by atoms with van der Waals surface area (Å²) < 4.78 is 14.4. The number of carbonyl (C=O) groups excluding carboxylic acids is 2. The predicted molar refractivity (Wildman–Crippen MR) is 67.6 cm³/mol. The largest absolute Gasteiger partial charge is 0.329 e. The molecule has 1 aromatic carbocycles. The Morgan fingerprint density at radius 2 is 2.33 bits per heavy atom. The monoisotopic (exact) mass is 314 g/mol. The molecule has 2 amide bonds. The molecule has 1 fully saturated rings. The van der Waals surface area contributed by atoms with Crippen molar-refractivity contribution >= 4 is 27.7 Å². The van der Waals surface area contributed by atoms with Gasteiger partial charge < -0.3 is 10.2 Å². The number of Topliss-reactive ketones (excluding diaryl/α,β-unsaturated/α-hetero) is 1. The van der Waals surface area contributed by atoms with E-state index < -0.39 is 6.04 Å². The Hall–Kier alpha value is -1.43. The maximum atomic E-state index is 13.7. The first-order valence-corrected chi connectivity index (χ1v) is 6.26. The molecule has 0 saturated carbocycles. The van der Waals surface area contributed by atoms with Crippen LogP contribution in [0.4, 0.5) is 9.18 Å². The molecule has 4 nitrogen and oxygen atoms in total. The number of benzene rings is 1. The Kier molecular flexibility index (Phi) is 3.65. The van der Waals surface area contributed by atoms with E-state index in [1.165, 1.54) is 17.9 Å². The number of carbonyl (C=O) groups is 2. The number of urea groups is 1. The summed E-state index contributed by atoms with van der Waals surface area (Å²) in [6.07, 6.45) is 0. The van der Waals surface area contributed by atoms with Crippen LogP contribution in [0.15, 0.2) is 22.7 Å². The first kappa shape index (κ1) is 13.0. The summed E-state index contributed by atoms with van der Waals surface area (Å²) >= 11 is 3.27. The molecule has 1 atom stereocenters. The Bertz CT molecular complexity index is 507. The van der Waals surface area contributed by atoms with Crippen LogP contribution in [0.3, 0.4) is 0 Å². The number of nitrogens with one attached hydrogen (secondary N) is 1. The number of amides is 2. The van der Waals surface area contributed by atoms with Gasteiger partial charge in [-0.3, -0.25) is 4.79 Å². The molecular weight excluding hydrogens is 303 g/mol. The van der Waals surface area contributed by atoms with Gasteiger partial charge in [0.2, 0.25) is 0 Å². The fraction of sp³-hybridized carbons (Fsp3) is 0.333. The van der Waals surface area contributed by atoms with Crippen LogP contribution in [0.1, 0.15) is 18.5 Å². The summed E-state index contributed by atoms with van der Waals surface area (Å²) in [6, 6.07) is 3.82. The molecule has 1 aliphatic heterocycles. The van der Waals surface area contributed by atoms with Crippen LogP contribution >= 0.6 is 15.9 Å². The molecule has 1 N–H and O–H groups in total. The van der Waals surface area contributed by atoms with Crippen molar-refractivity contribution in [2.24, 2.45) is 0 Å². The van der Waals surface area contributed by atoms with Crippen molar-refractivity contribution in [2.45, 2.75) is 13.0 Å². The van der Waals surface area contributed by atoms with E-state index in [4.69, 9.17) is 0 Å². The van der Waals surface area contributed by atoms with Gasteiger partial charge in [-0.2, -0.15) is 0 Å².